The number of benzene rings is 1. The molecule has 9 heteroatoms. The quantitative estimate of drug-likeness (QED) is 0.850. The van der Waals surface area contributed by atoms with E-state index < -0.39 is 27.6 Å². The maximum atomic E-state index is 13.8. The Balaban J connectivity index is 1.85. The van der Waals surface area contributed by atoms with Crippen molar-refractivity contribution < 1.29 is 22.0 Å². The van der Waals surface area contributed by atoms with Gasteiger partial charge >= 0.3 is 0 Å². The Morgan fingerprint density at radius 1 is 1.46 bits per heavy atom. The van der Waals surface area contributed by atoms with E-state index in [0.29, 0.717) is 0 Å². The molecule has 3 rings (SSSR count). The van der Waals surface area contributed by atoms with Gasteiger partial charge in [-0.2, -0.15) is 4.98 Å². The van der Waals surface area contributed by atoms with Crippen molar-refractivity contribution in [2.24, 2.45) is 5.92 Å². The normalized spacial score (nSPS) is 23.1. The van der Waals surface area contributed by atoms with E-state index in [-0.39, 0.29) is 40.6 Å². The van der Waals surface area contributed by atoms with Crippen LogP contribution in [0.2, 0.25) is 0 Å². The van der Waals surface area contributed by atoms with Crippen LogP contribution in [0.1, 0.15) is 20.3 Å². The van der Waals surface area contributed by atoms with Gasteiger partial charge in [0.05, 0.1) is 23.5 Å². The van der Waals surface area contributed by atoms with Gasteiger partial charge in [-0.25, -0.2) is 12.8 Å². The lowest BCUT2D eigenvalue weighted by Gasteiger charge is -2.28. The Hall–Kier alpha value is -2.16. The van der Waals surface area contributed by atoms with Gasteiger partial charge in [0.1, 0.15) is 5.52 Å². The molecule has 1 amide bonds. The predicted molar refractivity (Wildman–Crippen MR) is 96.0 cm³/mol. The van der Waals surface area contributed by atoms with Crippen LogP contribution in [0.3, 0.4) is 0 Å². The number of para-hydroxylation sites is 1. The number of fused-ring (bicyclic) bond motifs is 1. The predicted octanol–water partition coefficient (Wildman–Crippen LogP) is 2.05. The minimum Gasteiger partial charge on any atom is -0.423 e. The second-order valence-electron chi connectivity index (χ2n) is 6.75. The van der Waals surface area contributed by atoms with Gasteiger partial charge in [-0.3, -0.25) is 4.79 Å². The number of nitrogens with one attached hydrogen (secondary N) is 1. The average molecular weight is 383 g/mol. The highest BCUT2D eigenvalue weighted by Crippen LogP contribution is 2.27. The minimum atomic E-state index is -3.37. The summed E-state index contributed by atoms with van der Waals surface area (Å²) < 4.78 is 43.4. The summed E-state index contributed by atoms with van der Waals surface area (Å²) in [7, 11) is -1.69. The van der Waals surface area contributed by atoms with E-state index in [1.165, 1.54) is 12.1 Å². The zero-order valence-electron chi connectivity index (χ0n) is 14.9. The molecule has 1 aromatic carbocycles. The van der Waals surface area contributed by atoms with Crippen LogP contribution >= 0.6 is 0 Å². The Bertz CT molecular complexity index is 927. The molecule has 2 heterocycles. The second kappa shape index (κ2) is 6.86. The molecule has 142 valence electrons. The van der Waals surface area contributed by atoms with Gasteiger partial charge in [0.2, 0.25) is 5.91 Å². The van der Waals surface area contributed by atoms with Crippen LogP contribution in [-0.4, -0.2) is 54.8 Å². The summed E-state index contributed by atoms with van der Waals surface area (Å²) in [6.45, 7) is 3.87. The lowest BCUT2D eigenvalue weighted by atomic mass is 10.0. The van der Waals surface area contributed by atoms with E-state index in [0.717, 1.165) is 6.42 Å². The molecule has 1 aromatic heterocycles. The van der Waals surface area contributed by atoms with Crippen LogP contribution in [0.5, 0.6) is 0 Å². The third-order valence-electron chi connectivity index (χ3n) is 4.95. The molecule has 1 aliphatic heterocycles. The van der Waals surface area contributed by atoms with E-state index in [1.807, 2.05) is 13.8 Å². The molecule has 0 radical (unpaired) electrons. The Morgan fingerprint density at radius 3 is 2.85 bits per heavy atom. The Kier molecular flexibility index (Phi) is 4.92. The maximum absolute atomic E-state index is 13.8. The highest BCUT2D eigenvalue weighted by molar-refractivity contribution is 7.91. The molecular formula is C17H22FN3O4S. The first-order chi connectivity index (χ1) is 12.2. The molecular weight excluding hydrogens is 361 g/mol. The average Bonchev–Trinajstić information content (AvgIpc) is 3.13. The number of halogens is 1. The van der Waals surface area contributed by atoms with E-state index in [4.69, 9.17) is 4.42 Å². The van der Waals surface area contributed by atoms with Gasteiger partial charge in [0.15, 0.2) is 21.2 Å². The zero-order valence-corrected chi connectivity index (χ0v) is 15.7. The molecule has 26 heavy (non-hydrogen) atoms. The van der Waals surface area contributed by atoms with Gasteiger partial charge in [-0.15, -0.1) is 0 Å². The summed E-state index contributed by atoms with van der Waals surface area (Å²) in [6, 6.07) is 3.68. The number of sulfone groups is 1. The number of amides is 1. The second-order valence-corrected chi connectivity index (χ2v) is 8.90. The monoisotopic (exact) mass is 383 g/mol. The number of hydrogen-bond acceptors (Lipinski definition) is 6. The van der Waals surface area contributed by atoms with Crippen molar-refractivity contribution >= 4 is 32.9 Å². The van der Waals surface area contributed by atoms with E-state index in [1.54, 1.807) is 18.0 Å². The summed E-state index contributed by atoms with van der Waals surface area (Å²) >= 11 is 0. The standard InChI is InChI=1S/C17H22FN3O4S/c1-4-10(2)21(3)16(22)11-8-26(23,24)9-13(11)19-17-20-15-12(18)6-5-7-14(15)25-17/h5-7,10-11,13H,4,8-9H2,1-3H3,(H,19,20)/t10?,11-,13-/m1/s1. The van der Waals surface area contributed by atoms with Crippen LogP contribution in [0.25, 0.3) is 11.1 Å². The molecule has 0 aliphatic carbocycles. The summed E-state index contributed by atoms with van der Waals surface area (Å²) in [5, 5.41) is 2.88. The number of carbonyl (C=O) groups is 1. The Labute approximate surface area is 151 Å². The SMILES string of the molecule is CCC(C)N(C)C(=O)[C@@H]1CS(=O)(=O)C[C@H]1Nc1nc2c(F)cccc2o1. The first-order valence-electron chi connectivity index (χ1n) is 8.50. The number of aromatic nitrogens is 1. The van der Waals surface area contributed by atoms with E-state index in [9.17, 15) is 17.6 Å². The molecule has 1 aliphatic rings. The van der Waals surface area contributed by atoms with E-state index >= 15 is 0 Å². The summed E-state index contributed by atoms with van der Waals surface area (Å²) in [5.41, 5.74) is 0.323. The summed E-state index contributed by atoms with van der Waals surface area (Å²) in [5.74, 6) is -1.92. The maximum Gasteiger partial charge on any atom is 0.296 e. The van der Waals surface area contributed by atoms with Crippen molar-refractivity contribution in [3.05, 3.63) is 24.0 Å². The highest BCUT2D eigenvalue weighted by atomic mass is 32.2. The lowest BCUT2D eigenvalue weighted by molar-refractivity contribution is -0.135. The number of oxazole rings is 1. The minimum absolute atomic E-state index is 0.00451. The number of nitrogens with zero attached hydrogens (tertiary/aromatic N) is 2. The fraction of sp³-hybridized carbons (Fsp3) is 0.529. The van der Waals surface area contributed by atoms with Crippen molar-refractivity contribution in [1.82, 2.24) is 9.88 Å². The largest absolute Gasteiger partial charge is 0.423 e. The van der Waals surface area contributed by atoms with Crippen molar-refractivity contribution in [2.45, 2.75) is 32.4 Å². The molecule has 1 N–H and O–H groups in total. The molecule has 7 nitrogen and oxygen atoms in total. The van der Waals surface area contributed by atoms with Crippen molar-refractivity contribution in [1.29, 1.82) is 0 Å². The number of hydrogen-bond donors (Lipinski definition) is 1. The molecule has 0 spiro atoms. The van der Waals surface area contributed by atoms with Crippen LogP contribution in [0.4, 0.5) is 10.4 Å². The van der Waals surface area contributed by atoms with Crippen molar-refractivity contribution in [3.63, 3.8) is 0 Å². The molecule has 0 bridgehead atoms. The number of rotatable bonds is 5. The van der Waals surface area contributed by atoms with Crippen molar-refractivity contribution in [3.8, 4) is 0 Å². The first kappa shape index (κ1) is 18.6. The van der Waals surface area contributed by atoms with Crippen LogP contribution in [0.15, 0.2) is 22.6 Å². The molecule has 2 aromatic rings. The summed E-state index contributed by atoms with van der Waals surface area (Å²) in [6.07, 6.45) is 0.768. The van der Waals surface area contributed by atoms with Gasteiger partial charge < -0.3 is 14.6 Å². The van der Waals surface area contributed by atoms with E-state index in [2.05, 4.69) is 10.3 Å². The molecule has 3 atom stereocenters. The number of carbonyl (C=O) groups excluding carboxylic acids is 1. The van der Waals surface area contributed by atoms with Gasteiger partial charge in [-0.1, -0.05) is 13.0 Å². The third-order valence-corrected chi connectivity index (χ3v) is 6.68. The topological polar surface area (TPSA) is 92.5 Å². The lowest BCUT2D eigenvalue weighted by Crippen LogP contribution is -2.44. The smallest absolute Gasteiger partial charge is 0.296 e. The van der Waals surface area contributed by atoms with Gasteiger partial charge in [-0.05, 0) is 25.5 Å². The van der Waals surface area contributed by atoms with Crippen molar-refractivity contribution in [2.75, 3.05) is 23.9 Å². The third kappa shape index (κ3) is 3.53. The van der Waals surface area contributed by atoms with Crippen LogP contribution < -0.4 is 5.32 Å². The molecule has 1 fully saturated rings. The van der Waals surface area contributed by atoms with Crippen LogP contribution in [-0.2, 0) is 14.6 Å². The molecule has 1 saturated heterocycles. The fourth-order valence-corrected chi connectivity index (χ4v) is 5.04. The van der Waals surface area contributed by atoms with Gasteiger partial charge in [0.25, 0.3) is 6.01 Å². The first-order valence-corrected chi connectivity index (χ1v) is 10.3. The highest BCUT2D eigenvalue weighted by Gasteiger charge is 2.44. The van der Waals surface area contributed by atoms with Gasteiger partial charge in [0, 0.05) is 13.1 Å². The molecule has 0 saturated carbocycles. The van der Waals surface area contributed by atoms with Crippen LogP contribution in [0, 0.1) is 11.7 Å². The number of anilines is 1. The summed E-state index contributed by atoms with van der Waals surface area (Å²) in [4.78, 5) is 18.4. The zero-order chi connectivity index (χ0) is 19.1. The Morgan fingerprint density at radius 2 is 2.19 bits per heavy atom. The fourth-order valence-electron chi connectivity index (χ4n) is 3.12. The molecule has 1 unspecified atom stereocenters.